The number of unbranched alkanes of at least 4 members (excludes halogenated alkanes) is 6. The summed E-state index contributed by atoms with van der Waals surface area (Å²) in [6.45, 7) is 16.8. The zero-order chi connectivity index (χ0) is 22.0. The molecule has 166 valence electrons. The van der Waals surface area contributed by atoms with E-state index >= 15 is 0 Å². The molecule has 0 saturated carbocycles. The largest absolute Gasteiger partial charge is 0.328 e. The molecule has 0 aliphatic heterocycles. The molecule has 4 nitrogen and oxygen atoms in total. The third kappa shape index (κ3) is 12.7. The Balaban J connectivity index is 3.88. The fourth-order valence-corrected chi connectivity index (χ4v) is 4.13. The van der Waals surface area contributed by atoms with Crippen molar-refractivity contribution in [2.75, 3.05) is 19.3 Å². The number of rotatable bonds is 12. The molecule has 0 heterocycles. The summed E-state index contributed by atoms with van der Waals surface area (Å²) in [5, 5.41) is 2.89. The Kier molecular flexibility index (Phi) is 11.8. The molecule has 5 heteroatoms. The van der Waals surface area contributed by atoms with Crippen LogP contribution in [0.1, 0.15) is 100 Å². The van der Waals surface area contributed by atoms with Crippen LogP contribution in [-0.2, 0) is 4.79 Å². The van der Waals surface area contributed by atoms with Gasteiger partial charge >= 0.3 is 6.03 Å². The quantitative estimate of drug-likeness (QED) is 0.382. The molecule has 0 radical (unpaired) electrons. The van der Waals surface area contributed by atoms with Gasteiger partial charge in [-0.25, -0.2) is 4.79 Å². The van der Waals surface area contributed by atoms with Crippen LogP contribution in [0.5, 0.6) is 0 Å². The van der Waals surface area contributed by atoms with Crippen LogP contribution >= 0.6 is 11.8 Å². The van der Waals surface area contributed by atoms with Gasteiger partial charge in [0.15, 0.2) is 5.78 Å². The summed E-state index contributed by atoms with van der Waals surface area (Å²) in [4.78, 5) is 26.6. The Labute approximate surface area is 179 Å². The van der Waals surface area contributed by atoms with E-state index in [0.29, 0.717) is 4.75 Å². The second-order valence-electron chi connectivity index (χ2n) is 10.5. The Morgan fingerprint density at radius 1 is 0.786 bits per heavy atom. The van der Waals surface area contributed by atoms with Crippen LogP contribution in [0.4, 0.5) is 4.79 Å². The van der Waals surface area contributed by atoms with E-state index in [1.807, 2.05) is 20.8 Å². The molecule has 2 amide bonds. The summed E-state index contributed by atoms with van der Waals surface area (Å²) < 4.78 is 0.383. The van der Waals surface area contributed by atoms with Crippen LogP contribution in [0.15, 0.2) is 0 Å². The number of urea groups is 1. The molecule has 0 aromatic heterocycles. The molecule has 0 fully saturated rings. The molecular weight excluding hydrogens is 368 g/mol. The molecule has 0 aliphatic rings. The molecule has 0 unspecified atom stereocenters. The maximum absolute atomic E-state index is 12.5. The third-order valence-corrected chi connectivity index (χ3v) is 6.05. The number of Topliss-reactive ketones (excluding diaryl/α,β-unsaturated/α-hetero) is 1. The van der Waals surface area contributed by atoms with E-state index < -0.39 is 11.0 Å². The van der Waals surface area contributed by atoms with Gasteiger partial charge in [-0.15, -0.1) is 0 Å². The molecule has 0 bridgehead atoms. The van der Waals surface area contributed by atoms with Gasteiger partial charge in [-0.05, 0) is 32.4 Å². The number of hydrogen-bond acceptors (Lipinski definition) is 3. The van der Waals surface area contributed by atoms with Gasteiger partial charge < -0.3 is 10.2 Å². The van der Waals surface area contributed by atoms with Gasteiger partial charge in [0, 0.05) is 23.8 Å². The first-order valence-corrected chi connectivity index (χ1v) is 11.9. The first kappa shape index (κ1) is 27.3. The SMILES string of the molecule is CN(CCCCCCCCCSC(C)(C)C)C(=O)NC(C)(C)C(=O)C(C)(C)C. The van der Waals surface area contributed by atoms with Gasteiger partial charge in [0.2, 0.25) is 0 Å². The van der Waals surface area contributed by atoms with Crippen LogP contribution < -0.4 is 5.32 Å². The normalized spacial score (nSPS) is 12.8. The molecule has 0 aliphatic carbocycles. The highest BCUT2D eigenvalue weighted by Crippen LogP contribution is 2.25. The first-order chi connectivity index (χ1) is 12.7. The molecule has 1 N–H and O–H groups in total. The lowest BCUT2D eigenvalue weighted by Crippen LogP contribution is -2.56. The van der Waals surface area contributed by atoms with E-state index in [2.05, 4.69) is 37.8 Å². The number of carbonyl (C=O) groups excluding carboxylic acids is 2. The van der Waals surface area contributed by atoms with E-state index in [-0.39, 0.29) is 11.8 Å². The van der Waals surface area contributed by atoms with Crippen molar-refractivity contribution in [3.05, 3.63) is 0 Å². The number of amides is 2. The summed E-state index contributed by atoms with van der Waals surface area (Å²) in [5.41, 5.74) is -1.32. The topological polar surface area (TPSA) is 49.4 Å². The van der Waals surface area contributed by atoms with Crippen molar-refractivity contribution in [3.63, 3.8) is 0 Å². The summed E-state index contributed by atoms with van der Waals surface area (Å²) >= 11 is 2.05. The predicted octanol–water partition coefficient (Wildman–Crippen LogP) is 6.28. The van der Waals surface area contributed by atoms with Crippen molar-refractivity contribution in [1.82, 2.24) is 10.2 Å². The minimum Gasteiger partial charge on any atom is -0.328 e. The van der Waals surface area contributed by atoms with E-state index in [1.165, 1.54) is 37.9 Å². The lowest BCUT2D eigenvalue weighted by Gasteiger charge is -2.33. The lowest BCUT2D eigenvalue weighted by molar-refractivity contribution is -0.131. The van der Waals surface area contributed by atoms with Gasteiger partial charge in [0.1, 0.15) is 0 Å². The number of thioether (sulfide) groups is 1. The van der Waals surface area contributed by atoms with Crippen LogP contribution in [0.3, 0.4) is 0 Å². The molecule has 0 aromatic rings. The smallest absolute Gasteiger partial charge is 0.317 e. The molecule has 28 heavy (non-hydrogen) atoms. The Morgan fingerprint density at radius 3 is 1.71 bits per heavy atom. The van der Waals surface area contributed by atoms with Crippen molar-refractivity contribution >= 4 is 23.6 Å². The number of ketones is 1. The van der Waals surface area contributed by atoms with Crippen molar-refractivity contribution < 1.29 is 9.59 Å². The summed E-state index contributed by atoms with van der Waals surface area (Å²) in [6, 6.07) is -0.168. The molecule has 0 saturated heterocycles. The summed E-state index contributed by atoms with van der Waals surface area (Å²) in [5.74, 6) is 1.31. The predicted molar refractivity (Wildman–Crippen MR) is 124 cm³/mol. The average Bonchev–Trinajstić information content (AvgIpc) is 2.53. The van der Waals surface area contributed by atoms with Crippen LogP contribution in [0.25, 0.3) is 0 Å². The second-order valence-corrected chi connectivity index (χ2v) is 12.4. The van der Waals surface area contributed by atoms with E-state index in [0.717, 1.165) is 19.4 Å². The molecular formula is C23H46N2O2S. The van der Waals surface area contributed by atoms with Crippen molar-refractivity contribution in [2.45, 2.75) is 111 Å². The summed E-state index contributed by atoms with van der Waals surface area (Å²) in [7, 11) is 1.81. The van der Waals surface area contributed by atoms with Gasteiger partial charge in [0.05, 0.1) is 5.54 Å². The lowest BCUT2D eigenvalue weighted by atomic mass is 9.80. The van der Waals surface area contributed by atoms with Gasteiger partial charge in [0.25, 0.3) is 0 Å². The van der Waals surface area contributed by atoms with Gasteiger partial charge in [-0.3, -0.25) is 4.79 Å². The summed E-state index contributed by atoms with van der Waals surface area (Å²) in [6.07, 6.45) is 8.62. The Bertz CT molecular complexity index is 476. The fourth-order valence-electron chi connectivity index (χ4n) is 3.17. The second kappa shape index (κ2) is 12.1. The maximum atomic E-state index is 12.5. The standard InChI is InChI=1S/C23H46N2O2S/c1-21(2,3)19(26)23(7,8)24-20(27)25(9)17-15-13-11-10-12-14-16-18-28-22(4,5)6/h10-18H2,1-9H3,(H,24,27). The van der Waals surface area contributed by atoms with E-state index in [4.69, 9.17) is 0 Å². The highest BCUT2D eigenvalue weighted by atomic mass is 32.2. The zero-order valence-electron chi connectivity index (χ0n) is 20.0. The number of carbonyl (C=O) groups is 2. The number of nitrogens with zero attached hydrogens (tertiary/aromatic N) is 1. The van der Waals surface area contributed by atoms with E-state index in [1.54, 1.807) is 25.8 Å². The van der Waals surface area contributed by atoms with Crippen molar-refractivity contribution in [1.29, 1.82) is 0 Å². The highest BCUT2D eigenvalue weighted by Gasteiger charge is 2.37. The van der Waals surface area contributed by atoms with E-state index in [9.17, 15) is 9.59 Å². The van der Waals surface area contributed by atoms with Gasteiger partial charge in [-0.2, -0.15) is 11.8 Å². The molecule has 0 atom stereocenters. The number of hydrogen-bond donors (Lipinski definition) is 1. The van der Waals surface area contributed by atoms with Crippen molar-refractivity contribution in [3.8, 4) is 0 Å². The molecule has 0 aromatic carbocycles. The third-order valence-electron chi connectivity index (χ3n) is 4.69. The Morgan fingerprint density at radius 2 is 1.25 bits per heavy atom. The average molecular weight is 415 g/mol. The highest BCUT2D eigenvalue weighted by molar-refractivity contribution is 8.00. The maximum Gasteiger partial charge on any atom is 0.317 e. The van der Waals surface area contributed by atoms with Crippen LogP contribution in [0, 0.1) is 5.41 Å². The monoisotopic (exact) mass is 414 g/mol. The minimum atomic E-state index is -0.852. The first-order valence-electron chi connectivity index (χ1n) is 10.9. The number of nitrogens with one attached hydrogen (secondary N) is 1. The minimum absolute atomic E-state index is 0.0441. The molecule has 0 spiro atoms. The molecule has 0 rings (SSSR count). The van der Waals surface area contributed by atoms with Gasteiger partial charge in [-0.1, -0.05) is 73.6 Å². The zero-order valence-corrected chi connectivity index (χ0v) is 20.9. The fraction of sp³-hybridized carbons (Fsp3) is 0.913. The Hall–Kier alpha value is -0.710. The van der Waals surface area contributed by atoms with Crippen LogP contribution in [-0.4, -0.2) is 46.3 Å². The van der Waals surface area contributed by atoms with Crippen molar-refractivity contribution in [2.24, 2.45) is 5.41 Å². The van der Waals surface area contributed by atoms with Crippen LogP contribution in [0.2, 0.25) is 0 Å².